The Balaban J connectivity index is 1.55. The van der Waals surface area contributed by atoms with Crippen LogP contribution in [0.15, 0.2) is 43.1 Å². The van der Waals surface area contributed by atoms with Gasteiger partial charge in [-0.25, -0.2) is 4.98 Å². The van der Waals surface area contributed by atoms with Crippen LogP contribution in [0.5, 0.6) is 0 Å². The van der Waals surface area contributed by atoms with E-state index in [2.05, 4.69) is 15.0 Å². The summed E-state index contributed by atoms with van der Waals surface area (Å²) in [7, 11) is 1.75. The number of likely N-dealkylation sites (N-methyl/N-ethyl adjacent to an activating group) is 1. The number of anilines is 1. The van der Waals surface area contributed by atoms with Crippen LogP contribution in [0, 0.1) is 0 Å². The van der Waals surface area contributed by atoms with E-state index < -0.39 is 5.60 Å². The molecule has 7 nitrogen and oxygen atoms in total. The van der Waals surface area contributed by atoms with Gasteiger partial charge in [-0.05, 0) is 30.9 Å². The van der Waals surface area contributed by atoms with Crippen molar-refractivity contribution in [1.29, 1.82) is 0 Å². The zero-order chi connectivity index (χ0) is 18.4. The number of rotatable bonds is 6. The Hall–Kier alpha value is -2.54. The standard InChI is InChI=1S/C19H25N5O2/c1-23(18(25)6-5-16-4-2-8-20-12-16)14-19(26)7-3-11-24(15-19)17-13-21-9-10-22-17/h2,4,8-10,12-13,26H,3,5-7,11,14-15H2,1H3/t19-/m1/s1. The quantitative estimate of drug-likeness (QED) is 0.841. The summed E-state index contributed by atoms with van der Waals surface area (Å²) in [6.45, 7) is 1.60. The van der Waals surface area contributed by atoms with Crippen LogP contribution >= 0.6 is 0 Å². The van der Waals surface area contributed by atoms with E-state index in [1.807, 2.05) is 17.0 Å². The molecule has 2 aromatic rings. The van der Waals surface area contributed by atoms with Gasteiger partial charge in [0.2, 0.25) is 5.91 Å². The van der Waals surface area contributed by atoms with Crippen molar-refractivity contribution in [3.05, 3.63) is 48.7 Å². The predicted molar refractivity (Wildman–Crippen MR) is 98.6 cm³/mol. The first kappa shape index (κ1) is 18.3. The molecule has 0 saturated carbocycles. The molecule has 0 unspecified atom stereocenters. The first-order valence-corrected chi connectivity index (χ1v) is 8.92. The molecule has 0 aliphatic carbocycles. The van der Waals surface area contributed by atoms with Gasteiger partial charge >= 0.3 is 0 Å². The maximum absolute atomic E-state index is 12.4. The second-order valence-corrected chi connectivity index (χ2v) is 6.92. The maximum atomic E-state index is 12.4. The van der Waals surface area contributed by atoms with E-state index in [1.54, 1.807) is 42.9 Å². The number of aryl methyl sites for hydroxylation is 1. The lowest BCUT2D eigenvalue weighted by Crippen LogP contribution is -2.55. The lowest BCUT2D eigenvalue weighted by Gasteiger charge is -2.41. The van der Waals surface area contributed by atoms with Crippen molar-refractivity contribution in [3.63, 3.8) is 0 Å². The number of aliphatic hydroxyl groups is 1. The van der Waals surface area contributed by atoms with Crippen LogP contribution in [0.4, 0.5) is 5.82 Å². The number of carbonyl (C=O) groups is 1. The molecule has 138 valence electrons. The van der Waals surface area contributed by atoms with Crippen molar-refractivity contribution in [3.8, 4) is 0 Å². The van der Waals surface area contributed by atoms with Gasteiger partial charge in [0.25, 0.3) is 0 Å². The van der Waals surface area contributed by atoms with E-state index in [-0.39, 0.29) is 5.91 Å². The Labute approximate surface area is 153 Å². The van der Waals surface area contributed by atoms with Crippen LogP contribution in [0.3, 0.4) is 0 Å². The number of carbonyl (C=O) groups excluding carboxylic acids is 1. The molecule has 0 aromatic carbocycles. The number of pyridine rings is 1. The number of hydrogen-bond donors (Lipinski definition) is 1. The maximum Gasteiger partial charge on any atom is 0.222 e. The summed E-state index contributed by atoms with van der Waals surface area (Å²) in [4.78, 5) is 28.6. The Morgan fingerprint density at radius 3 is 2.88 bits per heavy atom. The van der Waals surface area contributed by atoms with E-state index in [0.29, 0.717) is 32.4 Å². The zero-order valence-electron chi connectivity index (χ0n) is 15.1. The van der Waals surface area contributed by atoms with Gasteiger partial charge in [-0.2, -0.15) is 0 Å². The molecule has 3 heterocycles. The van der Waals surface area contributed by atoms with Crippen LogP contribution < -0.4 is 4.90 Å². The molecule has 1 saturated heterocycles. The van der Waals surface area contributed by atoms with Crippen LogP contribution in [0.25, 0.3) is 0 Å². The second kappa shape index (κ2) is 8.23. The van der Waals surface area contributed by atoms with Crippen molar-refractivity contribution in [2.75, 3.05) is 31.6 Å². The van der Waals surface area contributed by atoms with Crippen molar-refractivity contribution >= 4 is 11.7 Å². The molecule has 1 fully saturated rings. The largest absolute Gasteiger partial charge is 0.386 e. The van der Waals surface area contributed by atoms with Gasteiger partial charge in [-0.3, -0.25) is 14.8 Å². The molecule has 26 heavy (non-hydrogen) atoms. The summed E-state index contributed by atoms with van der Waals surface area (Å²) in [6.07, 6.45) is 11.1. The first-order chi connectivity index (χ1) is 12.6. The van der Waals surface area contributed by atoms with Gasteiger partial charge in [0.05, 0.1) is 18.3 Å². The third-order valence-corrected chi connectivity index (χ3v) is 4.74. The van der Waals surface area contributed by atoms with Crippen LogP contribution in [-0.4, -0.2) is 63.1 Å². The van der Waals surface area contributed by atoms with E-state index >= 15 is 0 Å². The van der Waals surface area contributed by atoms with E-state index in [0.717, 1.165) is 24.3 Å². The number of aromatic nitrogens is 3. The van der Waals surface area contributed by atoms with Crippen molar-refractivity contribution in [2.24, 2.45) is 0 Å². The third kappa shape index (κ3) is 4.76. The number of piperidine rings is 1. The number of nitrogens with zero attached hydrogens (tertiary/aromatic N) is 5. The number of amides is 1. The topological polar surface area (TPSA) is 82.5 Å². The molecular weight excluding hydrogens is 330 g/mol. The fourth-order valence-corrected chi connectivity index (χ4v) is 3.41. The summed E-state index contributed by atoms with van der Waals surface area (Å²) in [6, 6.07) is 3.84. The molecule has 1 aliphatic rings. The molecule has 7 heteroatoms. The van der Waals surface area contributed by atoms with Gasteiger partial charge in [-0.15, -0.1) is 0 Å². The number of hydrogen-bond acceptors (Lipinski definition) is 6. The minimum Gasteiger partial charge on any atom is -0.386 e. The molecule has 3 rings (SSSR count). The molecule has 2 aromatic heterocycles. The van der Waals surface area contributed by atoms with Crippen LogP contribution in [0.2, 0.25) is 0 Å². The summed E-state index contributed by atoms with van der Waals surface area (Å²) < 4.78 is 0. The summed E-state index contributed by atoms with van der Waals surface area (Å²) in [5.74, 6) is 0.787. The lowest BCUT2D eigenvalue weighted by atomic mass is 9.92. The highest BCUT2D eigenvalue weighted by Gasteiger charge is 2.35. The normalized spacial score (nSPS) is 20.0. The Morgan fingerprint density at radius 2 is 2.15 bits per heavy atom. The summed E-state index contributed by atoms with van der Waals surface area (Å²) in [5, 5.41) is 11.0. The molecule has 0 radical (unpaired) electrons. The fourth-order valence-electron chi connectivity index (χ4n) is 3.41. The van der Waals surface area contributed by atoms with E-state index in [4.69, 9.17) is 0 Å². The first-order valence-electron chi connectivity index (χ1n) is 8.92. The van der Waals surface area contributed by atoms with Crippen molar-refractivity contribution in [1.82, 2.24) is 19.9 Å². The summed E-state index contributed by atoms with van der Waals surface area (Å²) in [5.41, 5.74) is 0.105. The van der Waals surface area contributed by atoms with Gasteiger partial charge in [0, 0.05) is 51.3 Å². The van der Waals surface area contributed by atoms with Crippen LogP contribution in [0.1, 0.15) is 24.8 Å². The van der Waals surface area contributed by atoms with Gasteiger partial charge < -0.3 is 14.9 Å². The number of β-amino-alcohol motifs (C(OH)–C–C–N with tert-alkyl or cyclic N) is 1. The van der Waals surface area contributed by atoms with Gasteiger partial charge in [0.15, 0.2) is 0 Å². The van der Waals surface area contributed by atoms with Crippen LogP contribution in [-0.2, 0) is 11.2 Å². The summed E-state index contributed by atoms with van der Waals surface area (Å²) >= 11 is 0. The lowest BCUT2D eigenvalue weighted by molar-refractivity contribution is -0.133. The molecule has 0 bridgehead atoms. The third-order valence-electron chi connectivity index (χ3n) is 4.74. The van der Waals surface area contributed by atoms with Crippen molar-refractivity contribution in [2.45, 2.75) is 31.3 Å². The highest BCUT2D eigenvalue weighted by atomic mass is 16.3. The molecular formula is C19H25N5O2. The van der Waals surface area contributed by atoms with E-state index in [9.17, 15) is 9.90 Å². The molecule has 1 N–H and O–H groups in total. The second-order valence-electron chi connectivity index (χ2n) is 6.92. The average Bonchev–Trinajstić information content (AvgIpc) is 2.67. The highest BCUT2D eigenvalue weighted by Crippen LogP contribution is 2.25. The zero-order valence-corrected chi connectivity index (χ0v) is 15.1. The van der Waals surface area contributed by atoms with Gasteiger partial charge in [0.1, 0.15) is 5.82 Å². The smallest absolute Gasteiger partial charge is 0.222 e. The van der Waals surface area contributed by atoms with E-state index in [1.165, 1.54) is 0 Å². The Kier molecular flexibility index (Phi) is 5.78. The molecule has 1 atom stereocenters. The fraction of sp³-hybridized carbons (Fsp3) is 0.474. The SMILES string of the molecule is CN(C[C@]1(O)CCCN(c2cnccn2)C1)C(=O)CCc1cccnc1. The molecule has 0 spiro atoms. The highest BCUT2D eigenvalue weighted by molar-refractivity contribution is 5.76. The Bertz CT molecular complexity index is 712. The predicted octanol–water partition coefficient (Wildman–Crippen LogP) is 1.29. The monoisotopic (exact) mass is 355 g/mol. The molecule has 1 amide bonds. The Morgan fingerprint density at radius 1 is 1.31 bits per heavy atom. The minimum absolute atomic E-state index is 0.0268. The minimum atomic E-state index is -0.936. The van der Waals surface area contributed by atoms with Gasteiger partial charge in [-0.1, -0.05) is 6.07 Å². The molecule has 1 aliphatic heterocycles. The van der Waals surface area contributed by atoms with Crippen molar-refractivity contribution < 1.29 is 9.90 Å². The average molecular weight is 355 g/mol.